The van der Waals surface area contributed by atoms with Crippen LogP contribution in [0.4, 0.5) is 0 Å². The molecular formula is C20H26BrN3O3. The van der Waals surface area contributed by atoms with Gasteiger partial charge in [-0.1, -0.05) is 28.1 Å². The van der Waals surface area contributed by atoms with Crippen LogP contribution in [0.5, 0.6) is 5.75 Å². The van der Waals surface area contributed by atoms with E-state index in [0.717, 1.165) is 30.4 Å². The first-order valence-corrected chi connectivity index (χ1v) is 10.1. The molecule has 0 radical (unpaired) electrons. The fourth-order valence-corrected chi connectivity index (χ4v) is 4.01. The minimum absolute atomic E-state index is 0.158. The highest BCUT2D eigenvalue weighted by atomic mass is 79.9. The zero-order valence-electron chi connectivity index (χ0n) is 15.6. The van der Waals surface area contributed by atoms with Gasteiger partial charge < -0.3 is 20.3 Å². The molecule has 27 heavy (non-hydrogen) atoms. The van der Waals surface area contributed by atoms with Gasteiger partial charge in [-0.25, -0.2) is 0 Å². The summed E-state index contributed by atoms with van der Waals surface area (Å²) in [6.45, 7) is 2.94. The average molecular weight is 436 g/mol. The van der Waals surface area contributed by atoms with Gasteiger partial charge in [-0.15, -0.1) is 0 Å². The Bertz CT molecular complexity index is 729. The largest absolute Gasteiger partial charge is 0.489 e. The molecule has 7 heteroatoms. The molecule has 3 rings (SSSR count). The van der Waals surface area contributed by atoms with E-state index >= 15 is 0 Å². The van der Waals surface area contributed by atoms with Crippen LogP contribution in [-0.2, 0) is 4.79 Å². The second kappa shape index (κ2) is 8.89. The Kier molecular flexibility index (Phi) is 6.55. The first-order valence-electron chi connectivity index (χ1n) is 9.34. The summed E-state index contributed by atoms with van der Waals surface area (Å²) < 4.78 is 6.68. The molecule has 0 unspecified atom stereocenters. The minimum atomic E-state index is -0.369. The van der Waals surface area contributed by atoms with Crippen LogP contribution in [0.1, 0.15) is 29.6 Å². The lowest BCUT2D eigenvalue weighted by molar-refractivity contribution is -0.142. The highest BCUT2D eigenvalue weighted by Crippen LogP contribution is 2.35. The maximum atomic E-state index is 13.1. The number of nitrogens with zero attached hydrogens (tertiary/aromatic N) is 1. The summed E-state index contributed by atoms with van der Waals surface area (Å²) in [5.41, 5.74) is 0.124. The zero-order chi connectivity index (χ0) is 19.3. The van der Waals surface area contributed by atoms with Crippen LogP contribution in [0.25, 0.3) is 0 Å². The number of fused-ring (bicyclic) bond motifs is 1. The summed E-state index contributed by atoms with van der Waals surface area (Å²) in [5, 5.41) is 6.23. The second-order valence-electron chi connectivity index (χ2n) is 7.14. The van der Waals surface area contributed by atoms with E-state index < -0.39 is 0 Å². The number of hydrogen-bond acceptors (Lipinski definition) is 4. The predicted molar refractivity (Wildman–Crippen MR) is 108 cm³/mol. The van der Waals surface area contributed by atoms with Crippen molar-refractivity contribution >= 4 is 27.7 Å². The van der Waals surface area contributed by atoms with Crippen molar-refractivity contribution in [3.05, 3.63) is 40.4 Å². The van der Waals surface area contributed by atoms with Crippen molar-refractivity contribution in [3.8, 4) is 5.75 Å². The Balaban J connectivity index is 1.83. The number of amides is 2. The molecule has 1 aromatic rings. The summed E-state index contributed by atoms with van der Waals surface area (Å²) in [5.74, 6) is 0.505. The van der Waals surface area contributed by atoms with Gasteiger partial charge >= 0.3 is 0 Å². The van der Waals surface area contributed by atoms with Crippen molar-refractivity contribution in [3.63, 3.8) is 0 Å². The van der Waals surface area contributed by atoms with Gasteiger partial charge in [0.05, 0.1) is 11.0 Å². The molecule has 0 saturated carbocycles. The summed E-state index contributed by atoms with van der Waals surface area (Å²) >= 11 is 3.42. The van der Waals surface area contributed by atoms with E-state index in [-0.39, 0.29) is 17.2 Å². The van der Waals surface area contributed by atoms with E-state index in [4.69, 9.17) is 4.74 Å². The number of carbonyl (C=O) groups is 2. The van der Waals surface area contributed by atoms with E-state index in [0.29, 0.717) is 37.4 Å². The van der Waals surface area contributed by atoms with E-state index in [2.05, 4.69) is 26.6 Å². The van der Waals surface area contributed by atoms with E-state index in [9.17, 15) is 9.59 Å². The lowest BCUT2D eigenvalue weighted by Gasteiger charge is -2.38. The van der Waals surface area contributed by atoms with Crippen molar-refractivity contribution in [2.75, 3.05) is 39.8 Å². The number of carbonyl (C=O) groups excluding carboxylic acids is 2. The first-order chi connectivity index (χ1) is 13.0. The Morgan fingerprint density at radius 3 is 2.70 bits per heavy atom. The van der Waals surface area contributed by atoms with Gasteiger partial charge in [0.2, 0.25) is 5.91 Å². The highest BCUT2D eigenvalue weighted by molar-refractivity contribution is 9.10. The Hall–Kier alpha value is -1.86. The summed E-state index contributed by atoms with van der Waals surface area (Å²) in [6.07, 6.45) is 6.33. The molecule has 2 aliphatic rings. The molecule has 2 N–H and O–H groups in total. The lowest BCUT2D eigenvalue weighted by atomic mass is 9.75. The number of benzene rings is 1. The SMILES string of the molecule is CN1CCNC(=O)c2ccc(Br)cc2OCC=CCC2(CCNCC2)C1=O. The number of piperidine rings is 1. The molecule has 0 atom stereocenters. The second-order valence-corrected chi connectivity index (χ2v) is 8.06. The number of rotatable bonds is 0. The van der Waals surface area contributed by atoms with E-state index in [1.165, 1.54) is 0 Å². The molecule has 2 heterocycles. The summed E-state index contributed by atoms with van der Waals surface area (Å²) in [7, 11) is 1.82. The summed E-state index contributed by atoms with van der Waals surface area (Å²) in [4.78, 5) is 27.4. The van der Waals surface area contributed by atoms with Gasteiger partial charge in [-0.05, 0) is 50.6 Å². The Labute approximate surface area is 168 Å². The van der Waals surface area contributed by atoms with Crippen molar-refractivity contribution < 1.29 is 14.3 Å². The van der Waals surface area contributed by atoms with Crippen LogP contribution in [0.15, 0.2) is 34.8 Å². The quantitative estimate of drug-likeness (QED) is 0.613. The monoisotopic (exact) mass is 435 g/mol. The zero-order valence-corrected chi connectivity index (χ0v) is 17.2. The van der Waals surface area contributed by atoms with Gasteiger partial charge in [0.1, 0.15) is 12.4 Å². The predicted octanol–water partition coefficient (Wildman–Crippen LogP) is 2.35. The first kappa shape index (κ1) is 19.9. The van der Waals surface area contributed by atoms with Crippen molar-refractivity contribution in [2.45, 2.75) is 19.3 Å². The molecule has 0 aliphatic carbocycles. The van der Waals surface area contributed by atoms with Crippen LogP contribution < -0.4 is 15.4 Å². The van der Waals surface area contributed by atoms with Gasteiger partial charge in [0.15, 0.2) is 0 Å². The summed E-state index contributed by atoms with van der Waals surface area (Å²) in [6, 6.07) is 5.36. The highest BCUT2D eigenvalue weighted by Gasteiger charge is 2.40. The number of allylic oxidation sites excluding steroid dienone is 1. The third-order valence-electron chi connectivity index (χ3n) is 5.29. The molecule has 1 fully saturated rings. The molecular weight excluding hydrogens is 410 g/mol. The van der Waals surface area contributed by atoms with Gasteiger partial charge in [0.25, 0.3) is 5.91 Å². The number of likely N-dealkylation sites (N-methyl/N-ethyl adjacent to an activating group) is 1. The van der Waals surface area contributed by atoms with Crippen LogP contribution in [0, 0.1) is 5.41 Å². The molecule has 1 aromatic carbocycles. The number of ether oxygens (including phenoxy) is 1. The fraction of sp³-hybridized carbons (Fsp3) is 0.500. The molecule has 0 bridgehead atoms. The van der Waals surface area contributed by atoms with Crippen LogP contribution in [0.2, 0.25) is 0 Å². The minimum Gasteiger partial charge on any atom is -0.489 e. The smallest absolute Gasteiger partial charge is 0.255 e. The average Bonchev–Trinajstić information content (AvgIpc) is 2.67. The van der Waals surface area contributed by atoms with Crippen molar-refractivity contribution in [1.29, 1.82) is 0 Å². The third-order valence-corrected chi connectivity index (χ3v) is 5.79. The van der Waals surface area contributed by atoms with Crippen LogP contribution in [0.3, 0.4) is 0 Å². The standard InChI is InChI=1S/C20H26BrN3O3/c1-24-12-11-23-18(25)16-5-4-15(21)14-17(16)27-13-3-2-6-20(19(24)26)7-9-22-10-8-20/h2-5,14,22H,6-13H2,1H3,(H,23,25). The fourth-order valence-electron chi connectivity index (χ4n) is 3.67. The van der Waals surface area contributed by atoms with E-state index in [1.54, 1.807) is 17.0 Å². The number of halogens is 1. The maximum absolute atomic E-state index is 13.1. The lowest BCUT2D eigenvalue weighted by Crippen LogP contribution is -2.49. The molecule has 2 amide bonds. The molecule has 1 spiro atoms. The molecule has 2 aliphatic heterocycles. The van der Waals surface area contributed by atoms with Gasteiger partial charge in [-0.2, -0.15) is 0 Å². The van der Waals surface area contributed by atoms with Gasteiger partial charge in [-0.3, -0.25) is 9.59 Å². The normalized spacial score (nSPS) is 21.2. The third kappa shape index (κ3) is 4.71. The maximum Gasteiger partial charge on any atom is 0.255 e. The van der Waals surface area contributed by atoms with Crippen LogP contribution in [-0.4, -0.2) is 56.5 Å². The van der Waals surface area contributed by atoms with Crippen molar-refractivity contribution in [2.24, 2.45) is 5.41 Å². The van der Waals surface area contributed by atoms with Gasteiger partial charge in [0, 0.05) is 24.6 Å². The molecule has 0 aromatic heterocycles. The van der Waals surface area contributed by atoms with Crippen molar-refractivity contribution in [1.82, 2.24) is 15.5 Å². The Morgan fingerprint density at radius 1 is 1.15 bits per heavy atom. The molecule has 6 nitrogen and oxygen atoms in total. The number of nitrogens with one attached hydrogen (secondary N) is 2. The topological polar surface area (TPSA) is 70.7 Å². The molecule has 1 saturated heterocycles. The number of hydrogen-bond donors (Lipinski definition) is 2. The molecule has 146 valence electrons. The van der Waals surface area contributed by atoms with E-state index in [1.807, 2.05) is 25.3 Å². The van der Waals surface area contributed by atoms with Crippen LogP contribution >= 0.6 is 15.9 Å². The Morgan fingerprint density at radius 2 is 1.93 bits per heavy atom.